The number of nitrogens with zero attached hydrogens (tertiary/aromatic N) is 2. The second-order valence-electron chi connectivity index (χ2n) is 2.88. The predicted molar refractivity (Wildman–Crippen MR) is 60.5 cm³/mol. The van der Waals surface area contributed by atoms with Gasteiger partial charge < -0.3 is 4.84 Å². The van der Waals surface area contributed by atoms with Gasteiger partial charge in [-0.3, -0.25) is 4.84 Å². The van der Waals surface area contributed by atoms with Crippen molar-refractivity contribution in [2.45, 2.75) is 6.92 Å². The Bertz CT molecular complexity index is 432. The number of aromatic nitrogens is 1. The first-order valence-corrected chi connectivity index (χ1v) is 4.63. The first-order valence-electron chi connectivity index (χ1n) is 4.63. The quantitative estimate of drug-likeness (QED) is 0.461. The molecule has 0 aliphatic carbocycles. The van der Waals surface area contributed by atoms with Gasteiger partial charge in [-0.1, -0.05) is 17.1 Å². The van der Waals surface area contributed by atoms with Crippen LogP contribution in [0.25, 0.3) is 0 Å². The van der Waals surface area contributed by atoms with Crippen molar-refractivity contribution in [3.05, 3.63) is 29.6 Å². The maximum absolute atomic E-state index is 4.85. The summed E-state index contributed by atoms with van der Waals surface area (Å²) in [6.07, 6.45) is 0. The van der Waals surface area contributed by atoms with Gasteiger partial charge in [0, 0.05) is 0 Å². The standard InChI is InChI=1S/C11H13N3O2/c1-9(14-15-2)11-7-3-5-10(13-11)6-4-8-16-12/h3,5,7H,8,12H2,1-2H3. The predicted octanol–water partition coefficient (Wildman–Crippen LogP) is 0.694. The topological polar surface area (TPSA) is 69.7 Å². The Morgan fingerprint density at radius 3 is 3.06 bits per heavy atom. The molecular weight excluding hydrogens is 206 g/mol. The van der Waals surface area contributed by atoms with Crippen molar-refractivity contribution in [2.75, 3.05) is 13.7 Å². The zero-order chi connectivity index (χ0) is 11.8. The molecule has 0 aliphatic heterocycles. The summed E-state index contributed by atoms with van der Waals surface area (Å²) in [4.78, 5) is 13.3. The van der Waals surface area contributed by atoms with E-state index >= 15 is 0 Å². The summed E-state index contributed by atoms with van der Waals surface area (Å²) in [6, 6.07) is 5.49. The molecule has 84 valence electrons. The lowest BCUT2D eigenvalue weighted by Crippen LogP contribution is -2.01. The lowest BCUT2D eigenvalue weighted by Gasteiger charge is -1.99. The van der Waals surface area contributed by atoms with Crippen LogP contribution in [-0.2, 0) is 9.68 Å². The molecule has 0 amide bonds. The van der Waals surface area contributed by atoms with Gasteiger partial charge in [-0.05, 0) is 25.0 Å². The third kappa shape index (κ3) is 3.69. The molecule has 0 radical (unpaired) electrons. The summed E-state index contributed by atoms with van der Waals surface area (Å²) in [6.45, 7) is 1.99. The Balaban J connectivity index is 2.88. The van der Waals surface area contributed by atoms with E-state index in [0.717, 1.165) is 5.69 Å². The van der Waals surface area contributed by atoms with Crippen molar-refractivity contribution in [3.63, 3.8) is 0 Å². The SMILES string of the molecule is CON=C(C)c1cccc(C#CCON)n1. The minimum Gasteiger partial charge on any atom is -0.399 e. The Morgan fingerprint density at radius 2 is 2.38 bits per heavy atom. The molecule has 5 nitrogen and oxygen atoms in total. The van der Waals surface area contributed by atoms with Gasteiger partial charge in [-0.2, -0.15) is 0 Å². The van der Waals surface area contributed by atoms with E-state index in [1.54, 1.807) is 6.07 Å². The fourth-order valence-electron chi connectivity index (χ4n) is 1.06. The second-order valence-corrected chi connectivity index (χ2v) is 2.88. The van der Waals surface area contributed by atoms with Crippen LogP contribution in [-0.4, -0.2) is 24.4 Å². The van der Waals surface area contributed by atoms with Crippen molar-refractivity contribution in [3.8, 4) is 11.8 Å². The van der Waals surface area contributed by atoms with Crippen LogP contribution in [0.5, 0.6) is 0 Å². The molecule has 0 fully saturated rings. The first-order chi connectivity index (χ1) is 7.77. The summed E-state index contributed by atoms with van der Waals surface area (Å²) in [7, 11) is 1.49. The maximum atomic E-state index is 4.85. The van der Waals surface area contributed by atoms with Gasteiger partial charge in [0.1, 0.15) is 25.1 Å². The van der Waals surface area contributed by atoms with E-state index < -0.39 is 0 Å². The van der Waals surface area contributed by atoms with Gasteiger partial charge in [-0.25, -0.2) is 10.9 Å². The zero-order valence-electron chi connectivity index (χ0n) is 9.23. The molecule has 1 rings (SSSR count). The summed E-state index contributed by atoms with van der Waals surface area (Å²) in [5.41, 5.74) is 2.06. The van der Waals surface area contributed by atoms with Crippen molar-refractivity contribution in [1.29, 1.82) is 0 Å². The number of nitrogens with two attached hydrogens (primary N) is 1. The summed E-state index contributed by atoms with van der Waals surface area (Å²) >= 11 is 0. The molecule has 1 aromatic heterocycles. The van der Waals surface area contributed by atoms with Crippen LogP contribution in [0.2, 0.25) is 0 Å². The highest BCUT2D eigenvalue weighted by Gasteiger charge is 1.99. The minimum absolute atomic E-state index is 0.178. The van der Waals surface area contributed by atoms with Crippen molar-refractivity contribution in [2.24, 2.45) is 11.1 Å². The molecular formula is C11H13N3O2. The van der Waals surface area contributed by atoms with Gasteiger partial charge in [0.2, 0.25) is 0 Å². The molecule has 0 saturated heterocycles. The van der Waals surface area contributed by atoms with Gasteiger partial charge in [0.25, 0.3) is 0 Å². The highest BCUT2D eigenvalue weighted by Crippen LogP contribution is 2.00. The van der Waals surface area contributed by atoms with Crippen LogP contribution in [0.3, 0.4) is 0 Å². The lowest BCUT2D eigenvalue weighted by atomic mass is 10.2. The second kappa shape index (κ2) is 6.56. The van der Waals surface area contributed by atoms with Crippen LogP contribution in [0.15, 0.2) is 23.4 Å². The van der Waals surface area contributed by atoms with Gasteiger partial charge in [-0.15, -0.1) is 0 Å². The van der Waals surface area contributed by atoms with Crippen LogP contribution in [0.4, 0.5) is 0 Å². The van der Waals surface area contributed by atoms with E-state index in [-0.39, 0.29) is 6.61 Å². The molecule has 2 N–H and O–H groups in total. The summed E-state index contributed by atoms with van der Waals surface area (Å²) in [5.74, 6) is 10.4. The highest BCUT2D eigenvalue weighted by atomic mass is 16.6. The number of oxime groups is 1. The summed E-state index contributed by atoms with van der Waals surface area (Å²) in [5, 5.41) is 3.79. The van der Waals surface area contributed by atoms with Gasteiger partial charge in [0.15, 0.2) is 0 Å². The van der Waals surface area contributed by atoms with Gasteiger partial charge >= 0.3 is 0 Å². The number of hydrogen-bond acceptors (Lipinski definition) is 5. The number of pyridine rings is 1. The number of hydrogen-bond donors (Lipinski definition) is 1. The zero-order valence-corrected chi connectivity index (χ0v) is 9.23. The van der Waals surface area contributed by atoms with E-state index in [4.69, 9.17) is 5.90 Å². The van der Waals surface area contributed by atoms with Crippen LogP contribution in [0.1, 0.15) is 18.3 Å². The molecule has 0 saturated carbocycles. The van der Waals surface area contributed by atoms with Gasteiger partial charge in [0.05, 0.1) is 5.69 Å². The Kier molecular flexibility index (Phi) is 4.99. The smallest absolute Gasteiger partial charge is 0.129 e. The average molecular weight is 219 g/mol. The van der Waals surface area contributed by atoms with E-state index in [1.807, 2.05) is 19.1 Å². The molecule has 5 heteroatoms. The van der Waals surface area contributed by atoms with E-state index in [1.165, 1.54) is 7.11 Å². The molecule has 0 aromatic carbocycles. The molecule has 0 atom stereocenters. The van der Waals surface area contributed by atoms with Crippen molar-refractivity contribution >= 4 is 5.71 Å². The number of rotatable bonds is 3. The third-order valence-corrected chi connectivity index (χ3v) is 1.72. The molecule has 0 bridgehead atoms. The third-order valence-electron chi connectivity index (χ3n) is 1.72. The summed E-state index contributed by atoms with van der Waals surface area (Å²) < 4.78 is 0. The molecule has 0 spiro atoms. The molecule has 1 aromatic rings. The minimum atomic E-state index is 0.178. The lowest BCUT2D eigenvalue weighted by molar-refractivity contribution is 0.173. The van der Waals surface area contributed by atoms with E-state index in [0.29, 0.717) is 11.4 Å². The Labute approximate surface area is 94.2 Å². The highest BCUT2D eigenvalue weighted by molar-refractivity contribution is 5.96. The van der Waals surface area contributed by atoms with Crippen molar-refractivity contribution < 1.29 is 9.68 Å². The van der Waals surface area contributed by atoms with Crippen LogP contribution >= 0.6 is 0 Å². The van der Waals surface area contributed by atoms with Crippen LogP contribution in [0, 0.1) is 11.8 Å². The fourth-order valence-corrected chi connectivity index (χ4v) is 1.06. The molecule has 0 aliphatic rings. The van der Waals surface area contributed by atoms with Crippen molar-refractivity contribution in [1.82, 2.24) is 4.98 Å². The normalized spacial score (nSPS) is 10.6. The Morgan fingerprint density at radius 1 is 1.56 bits per heavy atom. The van der Waals surface area contributed by atoms with E-state index in [2.05, 4.69) is 31.7 Å². The monoisotopic (exact) mass is 219 g/mol. The molecule has 16 heavy (non-hydrogen) atoms. The maximum Gasteiger partial charge on any atom is 0.129 e. The van der Waals surface area contributed by atoms with Crippen LogP contribution < -0.4 is 5.90 Å². The first kappa shape index (κ1) is 12.2. The molecule has 1 heterocycles. The molecule has 0 unspecified atom stereocenters. The van der Waals surface area contributed by atoms with E-state index in [9.17, 15) is 0 Å². The fraction of sp³-hybridized carbons (Fsp3) is 0.273. The largest absolute Gasteiger partial charge is 0.399 e. The Hall–Kier alpha value is -1.90. The average Bonchev–Trinajstić information content (AvgIpc) is 2.30.